The second kappa shape index (κ2) is 9.39. The predicted molar refractivity (Wildman–Crippen MR) is 95.5 cm³/mol. The van der Waals surface area contributed by atoms with Crippen molar-refractivity contribution in [3.05, 3.63) is 47.8 Å². The van der Waals surface area contributed by atoms with Crippen LogP contribution in [-0.2, 0) is 6.42 Å². The normalized spacial score (nSPS) is 14.8. The summed E-state index contributed by atoms with van der Waals surface area (Å²) in [6.07, 6.45) is 5.70. The third-order valence-corrected chi connectivity index (χ3v) is 4.20. The number of aryl methyl sites for hydroxylation is 1. The van der Waals surface area contributed by atoms with E-state index in [1.807, 2.05) is 22.9 Å². The monoisotopic (exact) mass is 349 g/mol. The molecule has 0 unspecified atom stereocenters. The number of carbonyl (C=O) groups is 1. The van der Waals surface area contributed by atoms with E-state index < -0.39 is 0 Å². The molecule has 0 radical (unpaired) electrons. The number of hydrogen-bond acceptors (Lipinski definition) is 4. The summed E-state index contributed by atoms with van der Waals surface area (Å²) in [5.74, 6) is -0.141. The minimum atomic E-state index is -0.141. The molecule has 2 N–H and O–H groups in total. The van der Waals surface area contributed by atoms with Gasteiger partial charge >= 0.3 is 0 Å². The van der Waals surface area contributed by atoms with Gasteiger partial charge in [-0.3, -0.25) is 4.79 Å². The summed E-state index contributed by atoms with van der Waals surface area (Å²) in [7, 11) is 0. The standard InChI is InChI=1S/C17H23N5O.ClH/c23-17(19-10-4-7-14-5-2-1-3-6-14)16-13-22(21-20-16)15-8-11-18-12-9-15;/h1-3,5-6,13,15,18H,4,7-12H2,(H,19,23);1H. The maximum atomic E-state index is 12.1. The van der Waals surface area contributed by atoms with E-state index in [9.17, 15) is 4.79 Å². The molecule has 7 heteroatoms. The molecule has 0 aliphatic carbocycles. The molecule has 1 aliphatic heterocycles. The predicted octanol–water partition coefficient (Wildman–Crippen LogP) is 1.99. The Hall–Kier alpha value is -1.92. The average molecular weight is 350 g/mol. The summed E-state index contributed by atoms with van der Waals surface area (Å²) in [6, 6.07) is 10.6. The Balaban J connectivity index is 0.00000208. The highest BCUT2D eigenvalue weighted by molar-refractivity contribution is 5.91. The highest BCUT2D eigenvalue weighted by atomic mass is 35.5. The smallest absolute Gasteiger partial charge is 0.273 e. The Morgan fingerprint density at radius 1 is 1.25 bits per heavy atom. The van der Waals surface area contributed by atoms with E-state index in [4.69, 9.17) is 0 Å². The molecule has 6 nitrogen and oxygen atoms in total. The molecule has 130 valence electrons. The van der Waals surface area contributed by atoms with Crippen molar-refractivity contribution in [2.24, 2.45) is 0 Å². The third kappa shape index (κ3) is 5.04. The molecule has 1 aromatic heterocycles. The van der Waals surface area contributed by atoms with Crippen LogP contribution in [0.5, 0.6) is 0 Å². The molecule has 0 saturated carbocycles. The average Bonchev–Trinajstić information content (AvgIpc) is 3.10. The number of rotatable bonds is 6. The fourth-order valence-electron chi connectivity index (χ4n) is 2.86. The number of hydrogen-bond donors (Lipinski definition) is 2. The van der Waals surface area contributed by atoms with E-state index >= 15 is 0 Å². The molecular weight excluding hydrogens is 326 g/mol. The van der Waals surface area contributed by atoms with Gasteiger partial charge in [0.25, 0.3) is 5.91 Å². The lowest BCUT2D eigenvalue weighted by atomic mass is 10.1. The fourth-order valence-corrected chi connectivity index (χ4v) is 2.86. The number of amides is 1. The number of piperidine rings is 1. The molecule has 0 spiro atoms. The van der Waals surface area contributed by atoms with Crippen molar-refractivity contribution < 1.29 is 4.79 Å². The van der Waals surface area contributed by atoms with Crippen LogP contribution in [0.3, 0.4) is 0 Å². The third-order valence-electron chi connectivity index (χ3n) is 4.20. The zero-order valence-electron chi connectivity index (χ0n) is 13.6. The SMILES string of the molecule is Cl.O=C(NCCCc1ccccc1)c1cn(C2CCNCC2)nn1. The van der Waals surface area contributed by atoms with E-state index in [0.717, 1.165) is 38.8 Å². The number of carbonyl (C=O) groups excluding carboxylic acids is 1. The van der Waals surface area contributed by atoms with E-state index in [1.54, 1.807) is 6.20 Å². The summed E-state index contributed by atoms with van der Waals surface area (Å²) in [4.78, 5) is 12.1. The van der Waals surface area contributed by atoms with Crippen LogP contribution in [0.1, 0.15) is 41.4 Å². The molecule has 1 fully saturated rings. The van der Waals surface area contributed by atoms with Crippen molar-refractivity contribution in [1.82, 2.24) is 25.6 Å². The van der Waals surface area contributed by atoms with Gasteiger partial charge in [0.1, 0.15) is 0 Å². The summed E-state index contributed by atoms with van der Waals surface area (Å²) in [6.45, 7) is 2.63. The first-order chi connectivity index (χ1) is 11.3. The van der Waals surface area contributed by atoms with Gasteiger partial charge in [0.2, 0.25) is 0 Å². The van der Waals surface area contributed by atoms with Gasteiger partial charge in [-0.15, -0.1) is 17.5 Å². The number of nitrogens with one attached hydrogen (secondary N) is 2. The van der Waals surface area contributed by atoms with E-state index in [0.29, 0.717) is 18.3 Å². The van der Waals surface area contributed by atoms with E-state index in [-0.39, 0.29) is 18.3 Å². The van der Waals surface area contributed by atoms with Gasteiger partial charge in [-0.25, -0.2) is 4.68 Å². The zero-order chi connectivity index (χ0) is 15.9. The van der Waals surface area contributed by atoms with Crippen molar-refractivity contribution in [3.63, 3.8) is 0 Å². The van der Waals surface area contributed by atoms with E-state index in [1.165, 1.54) is 5.56 Å². The lowest BCUT2D eigenvalue weighted by molar-refractivity contribution is 0.0948. The molecule has 3 rings (SSSR count). The van der Waals surface area contributed by atoms with Crippen molar-refractivity contribution in [1.29, 1.82) is 0 Å². The largest absolute Gasteiger partial charge is 0.351 e. The topological polar surface area (TPSA) is 71.8 Å². The Morgan fingerprint density at radius 2 is 2.00 bits per heavy atom. The first-order valence-corrected chi connectivity index (χ1v) is 8.27. The van der Waals surface area contributed by atoms with Crippen LogP contribution in [0.2, 0.25) is 0 Å². The quantitative estimate of drug-likeness (QED) is 0.782. The molecule has 0 atom stereocenters. The van der Waals surface area contributed by atoms with Gasteiger partial charge in [0.05, 0.1) is 12.2 Å². The molecule has 1 amide bonds. The molecule has 24 heavy (non-hydrogen) atoms. The van der Waals surface area contributed by atoms with Gasteiger partial charge in [-0.2, -0.15) is 0 Å². The van der Waals surface area contributed by atoms with Gasteiger partial charge < -0.3 is 10.6 Å². The van der Waals surface area contributed by atoms with Crippen LogP contribution < -0.4 is 10.6 Å². The lowest BCUT2D eigenvalue weighted by Gasteiger charge is -2.22. The number of halogens is 1. The van der Waals surface area contributed by atoms with Gasteiger partial charge in [-0.05, 0) is 44.3 Å². The van der Waals surface area contributed by atoms with Crippen LogP contribution in [0, 0.1) is 0 Å². The van der Waals surface area contributed by atoms with E-state index in [2.05, 4.69) is 33.1 Å². The fraction of sp³-hybridized carbons (Fsp3) is 0.471. The Kier molecular flexibility index (Phi) is 7.21. The maximum Gasteiger partial charge on any atom is 0.273 e. The zero-order valence-corrected chi connectivity index (χ0v) is 14.5. The summed E-state index contributed by atoms with van der Waals surface area (Å²) in [5.41, 5.74) is 1.70. The Bertz CT molecular complexity index is 625. The van der Waals surface area contributed by atoms with Crippen LogP contribution in [0.25, 0.3) is 0 Å². The van der Waals surface area contributed by atoms with Crippen LogP contribution in [0.4, 0.5) is 0 Å². The van der Waals surface area contributed by atoms with Crippen molar-refractivity contribution >= 4 is 18.3 Å². The van der Waals surface area contributed by atoms with Gasteiger partial charge in [-0.1, -0.05) is 35.5 Å². The molecule has 2 heterocycles. The number of aromatic nitrogens is 3. The second-order valence-corrected chi connectivity index (χ2v) is 5.91. The molecule has 1 aromatic carbocycles. The number of benzene rings is 1. The van der Waals surface area contributed by atoms with Crippen molar-refractivity contribution in [3.8, 4) is 0 Å². The van der Waals surface area contributed by atoms with Crippen LogP contribution in [-0.4, -0.2) is 40.5 Å². The highest BCUT2D eigenvalue weighted by Gasteiger charge is 2.18. The molecule has 2 aromatic rings. The number of nitrogens with zero attached hydrogens (tertiary/aromatic N) is 3. The van der Waals surface area contributed by atoms with Crippen LogP contribution in [0.15, 0.2) is 36.5 Å². The molecule has 1 saturated heterocycles. The van der Waals surface area contributed by atoms with Crippen molar-refractivity contribution in [2.45, 2.75) is 31.7 Å². The summed E-state index contributed by atoms with van der Waals surface area (Å²) < 4.78 is 1.83. The van der Waals surface area contributed by atoms with Gasteiger partial charge in [0, 0.05) is 6.54 Å². The molecule has 1 aliphatic rings. The molecule has 0 bridgehead atoms. The van der Waals surface area contributed by atoms with Crippen molar-refractivity contribution in [2.75, 3.05) is 19.6 Å². The minimum Gasteiger partial charge on any atom is -0.351 e. The highest BCUT2D eigenvalue weighted by Crippen LogP contribution is 2.16. The maximum absolute atomic E-state index is 12.1. The second-order valence-electron chi connectivity index (χ2n) is 5.91. The summed E-state index contributed by atoms with van der Waals surface area (Å²) in [5, 5.41) is 14.4. The van der Waals surface area contributed by atoms with Crippen LogP contribution >= 0.6 is 12.4 Å². The first kappa shape index (κ1) is 18.4. The Labute approximate surface area is 148 Å². The first-order valence-electron chi connectivity index (χ1n) is 8.27. The lowest BCUT2D eigenvalue weighted by Crippen LogP contribution is -2.29. The summed E-state index contributed by atoms with van der Waals surface area (Å²) >= 11 is 0. The van der Waals surface area contributed by atoms with Gasteiger partial charge in [0.15, 0.2) is 5.69 Å². The molecular formula is C17H24ClN5O. The minimum absolute atomic E-state index is 0. The Morgan fingerprint density at radius 3 is 2.75 bits per heavy atom.